The van der Waals surface area contributed by atoms with Crippen molar-refractivity contribution in [3.05, 3.63) is 48.0 Å². The molecule has 0 saturated heterocycles. The van der Waals surface area contributed by atoms with Crippen molar-refractivity contribution in [2.45, 2.75) is 40.5 Å². The van der Waals surface area contributed by atoms with Crippen LogP contribution in [0.15, 0.2) is 42.5 Å². The van der Waals surface area contributed by atoms with Crippen LogP contribution in [-0.2, 0) is 16.0 Å². The van der Waals surface area contributed by atoms with Gasteiger partial charge in [-0.05, 0) is 36.6 Å². The van der Waals surface area contributed by atoms with E-state index in [4.69, 9.17) is 0 Å². The molecule has 112 valence electrons. The molecule has 0 N–H and O–H groups in total. The van der Waals surface area contributed by atoms with Gasteiger partial charge in [-0.3, -0.25) is 4.79 Å². The second-order valence-corrected chi connectivity index (χ2v) is 5.41. The van der Waals surface area contributed by atoms with Gasteiger partial charge in [-0.25, -0.2) is 0 Å². The van der Waals surface area contributed by atoms with E-state index in [1.807, 2.05) is 26.0 Å². The number of carbonyl (C=O) groups is 2. The molecule has 21 heavy (non-hydrogen) atoms. The molecule has 0 spiro atoms. The minimum absolute atomic E-state index is 0.103. The van der Waals surface area contributed by atoms with Crippen molar-refractivity contribution >= 4 is 22.3 Å². The maximum absolute atomic E-state index is 11.3. The molecule has 0 bridgehead atoms. The summed E-state index contributed by atoms with van der Waals surface area (Å²) in [7, 11) is 0. The van der Waals surface area contributed by atoms with E-state index in [-0.39, 0.29) is 17.5 Å². The Balaban J connectivity index is 0.000000383. The summed E-state index contributed by atoms with van der Waals surface area (Å²) in [4.78, 5) is 21.1. The number of fused-ring (bicyclic) bond motifs is 1. The smallest absolute Gasteiger partial charge is 0.132 e. The van der Waals surface area contributed by atoms with Gasteiger partial charge in [-0.1, -0.05) is 56.3 Å². The van der Waals surface area contributed by atoms with E-state index in [9.17, 15) is 9.59 Å². The van der Waals surface area contributed by atoms with Gasteiger partial charge >= 0.3 is 0 Å². The van der Waals surface area contributed by atoms with Gasteiger partial charge in [0.05, 0.1) is 0 Å². The lowest BCUT2D eigenvalue weighted by Gasteiger charge is -2.10. The topological polar surface area (TPSA) is 34.1 Å². The predicted octanol–water partition coefficient (Wildman–Crippen LogP) is 4.59. The number of rotatable bonds is 4. The van der Waals surface area contributed by atoms with Gasteiger partial charge in [0.15, 0.2) is 0 Å². The summed E-state index contributed by atoms with van der Waals surface area (Å²) in [6.07, 6.45) is 1.50. The number of ketones is 2. The van der Waals surface area contributed by atoms with Crippen LogP contribution in [0.1, 0.15) is 39.7 Å². The molecular weight excluding hydrogens is 260 g/mol. The van der Waals surface area contributed by atoms with E-state index in [2.05, 4.69) is 30.3 Å². The van der Waals surface area contributed by atoms with Crippen LogP contribution in [0.4, 0.5) is 0 Å². The van der Waals surface area contributed by atoms with Gasteiger partial charge in [0.25, 0.3) is 0 Å². The second-order valence-electron chi connectivity index (χ2n) is 5.41. The molecule has 0 saturated carbocycles. The fourth-order valence-corrected chi connectivity index (χ4v) is 1.94. The van der Waals surface area contributed by atoms with Gasteiger partial charge < -0.3 is 4.79 Å². The highest BCUT2D eigenvalue weighted by atomic mass is 16.1. The van der Waals surface area contributed by atoms with Crippen LogP contribution in [0.5, 0.6) is 0 Å². The zero-order valence-corrected chi connectivity index (χ0v) is 13.3. The van der Waals surface area contributed by atoms with Gasteiger partial charge in [0.1, 0.15) is 11.6 Å². The quantitative estimate of drug-likeness (QED) is 0.822. The van der Waals surface area contributed by atoms with Crippen LogP contribution in [0.2, 0.25) is 0 Å². The molecular formula is C19H24O2. The molecule has 0 amide bonds. The third-order valence-corrected chi connectivity index (χ3v) is 3.60. The van der Waals surface area contributed by atoms with Crippen molar-refractivity contribution in [2.24, 2.45) is 5.92 Å². The van der Waals surface area contributed by atoms with Crippen LogP contribution >= 0.6 is 0 Å². The highest BCUT2D eigenvalue weighted by Gasteiger charge is 2.10. The summed E-state index contributed by atoms with van der Waals surface area (Å²) in [5.41, 5.74) is 1.26. The lowest BCUT2D eigenvalue weighted by molar-refractivity contribution is -0.120. The summed E-state index contributed by atoms with van der Waals surface area (Å²) in [6, 6.07) is 14.6. The third kappa shape index (κ3) is 5.50. The van der Waals surface area contributed by atoms with Crippen LogP contribution in [0.25, 0.3) is 10.8 Å². The SMILES string of the molecule is CC(=O)C(C)Cc1cccc2ccccc12.CCC(C)=O. The zero-order valence-electron chi connectivity index (χ0n) is 13.3. The van der Waals surface area contributed by atoms with Crippen molar-refractivity contribution in [1.29, 1.82) is 0 Å². The zero-order chi connectivity index (χ0) is 15.8. The molecule has 0 fully saturated rings. The Morgan fingerprint density at radius 3 is 2.14 bits per heavy atom. The average molecular weight is 284 g/mol. The molecule has 0 heterocycles. The maximum atomic E-state index is 11.3. The molecule has 1 atom stereocenters. The second kappa shape index (κ2) is 8.35. The Kier molecular flexibility index (Phi) is 6.80. The number of Topliss-reactive ketones (excluding diaryl/α,β-unsaturated/α-hetero) is 2. The van der Waals surface area contributed by atoms with E-state index in [1.165, 1.54) is 16.3 Å². The molecule has 0 aliphatic rings. The summed E-state index contributed by atoms with van der Waals surface area (Å²) < 4.78 is 0. The molecule has 0 aliphatic heterocycles. The average Bonchev–Trinajstić information content (AvgIpc) is 2.48. The molecule has 2 aromatic rings. The van der Waals surface area contributed by atoms with Gasteiger partial charge in [-0.2, -0.15) is 0 Å². The fourth-order valence-electron chi connectivity index (χ4n) is 1.94. The van der Waals surface area contributed by atoms with Crippen LogP contribution < -0.4 is 0 Å². The van der Waals surface area contributed by atoms with E-state index in [0.29, 0.717) is 6.42 Å². The van der Waals surface area contributed by atoms with E-state index < -0.39 is 0 Å². The minimum atomic E-state index is 0.103. The minimum Gasteiger partial charge on any atom is -0.300 e. The Morgan fingerprint density at radius 2 is 1.57 bits per heavy atom. The molecule has 1 unspecified atom stereocenters. The van der Waals surface area contributed by atoms with Crippen molar-refractivity contribution in [1.82, 2.24) is 0 Å². The Labute approximate surface area is 127 Å². The highest BCUT2D eigenvalue weighted by molar-refractivity contribution is 5.86. The lowest BCUT2D eigenvalue weighted by Crippen LogP contribution is -2.09. The number of carbonyl (C=O) groups excluding carboxylic acids is 2. The highest BCUT2D eigenvalue weighted by Crippen LogP contribution is 2.21. The molecule has 0 aromatic heterocycles. The molecule has 0 radical (unpaired) electrons. The molecule has 0 aliphatic carbocycles. The first-order valence-corrected chi connectivity index (χ1v) is 7.42. The summed E-state index contributed by atoms with van der Waals surface area (Å²) in [6.45, 7) is 7.09. The summed E-state index contributed by atoms with van der Waals surface area (Å²) >= 11 is 0. The fraction of sp³-hybridized carbons (Fsp3) is 0.368. The van der Waals surface area contributed by atoms with E-state index >= 15 is 0 Å². The Bertz CT molecular complexity index is 608. The molecule has 2 aromatic carbocycles. The maximum Gasteiger partial charge on any atom is 0.132 e. The van der Waals surface area contributed by atoms with E-state index in [1.54, 1.807) is 13.8 Å². The summed E-state index contributed by atoms with van der Waals surface area (Å²) in [5.74, 6) is 0.615. The monoisotopic (exact) mass is 284 g/mol. The van der Waals surface area contributed by atoms with Crippen molar-refractivity contribution in [3.63, 3.8) is 0 Å². The largest absolute Gasteiger partial charge is 0.300 e. The van der Waals surface area contributed by atoms with Crippen molar-refractivity contribution in [3.8, 4) is 0 Å². The number of hydrogen-bond acceptors (Lipinski definition) is 2. The first-order chi connectivity index (χ1) is 9.95. The van der Waals surface area contributed by atoms with Gasteiger partial charge in [0, 0.05) is 12.3 Å². The van der Waals surface area contributed by atoms with Crippen LogP contribution in [0, 0.1) is 5.92 Å². The van der Waals surface area contributed by atoms with Gasteiger partial charge in [0.2, 0.25) is 0 Å². The van der Waals surface area contributed by atoms with E-state index in [0.717, 1.165) is 6.42 Å². The van der Waals surface area contributed by atoms with Crippen LogP contribution in [-0.4, -0.2) is 11.6 Å². The Morgan fingerprint density at radius 1 is 1.00 bits per heavy atom. The molecule has 2 rings (SSSR count). The van der Waals surface area contributed by atoms with Crippen molar-refractivity contribution < 1.29 is 9.59 Å². The summed E-state index contributed by atoms with van der Waals surface area (Å²) in [5, 5.41) is 2.51. The van der Waals surface area contributed by atoms with Gasteiger partial charge in [-0.15, -0.1) is 0 Å². The predicted molar refractivity (Wildman–Crippen MR) is 88.5 cm³/mol. The van der Waals surface area contributed by atoms with Crippen molar-refractivity contribution in [2.75, 3.05) is 0 Å². The first-order valence-electron chi connectivity index (χ1n) is 7.42. The Hall–Kier alpha value is -1.96. The lowest BCUT2D eigenvalue weighted by atomic mass is 9.94. The standard InChI is InChI=1S/C15H16O.C4H8O/c1-11(12(2)16)10-14-8-5-7-13-6-3-4-9-15(13)14;1-3-4(2)5/h3-9,11H,10H2,1-2H3;3H2,1-2H3. The number of benzene rings is 2. The molecule has 2 heteroatoms. The first kappa shape index (κ1) is 17.1. The van der Waals surface area contributed by atoms with Crippen LogP contribution in [0.3, 0.4) is 0 Å². The third-order valence-electron chi connectivity index (χ3n) is 3.60. The molecule has 2 nitrogen and oxygen atoms in total. The normalized spacial score (nSPS) is 11.4. The number of hydrogen-bond donors (Lipinski definition) is 0.